The van der Waals surface area contributed by atoms with E-state index in [0.717, 1.165) is 6.29 Å². The molecule has 0 aliphatic rings. The number of hydrogen-bond donors (Lipinski definition) is 1. The Kier molecular flexibility index (Phi) is 2.97. The molecule has 0 aliphatic heterocycles. The predicted octanol–water partition coefficient (Wildman–Crippen LogP) is 2.64. The zero-order valence-corrected chi connectivity index (χ0v) is 9.39. The molecule has 2 aromatic rings. The third-order valence-electron chi connectivity index (χ3n) is 2.36. The smallest absolute Gasteiger partial charge is 0.337 e. The van der Waals surface area contributed by atoms with E-state index in [9.17, 15) is 9.59 Å². The SMILES string of the molecule is O=Cc1cccn1-c1ccc(C(=O)O)c(Cl)c1. The van der Waals surface area contributed by atoms with Crippen LogP contribution in [0.5, 0.6) is 0 Å². The van der Waals surface area contributed by atoms with Gasteiger partial charge in [-0.1, -0.05) is 11.6 Å². The Hall–Kier alpha value is -2.07. The number of aldehydes is 1. The van der Waals surface area contributed by atoms with Crippen molar-refractivity contribution >= 4 is 23.9 Å². The molecule has 0 amide bonds. The number of benzene rings is 1. The van der Waals surface area contributed by atoms with E-state index in [1.165, 1.54) is 12.1 Å². The minimum Gasteiger partial charge on any atom is -0.478 e. The average molecular weight is 250 g/mol. The summed E-state index contributed by atoms with van der Waals surface area (Å²) in [4.78, 5) is 21.6. The van der Waals surface area contributed by atoms with Gasteiger partial charge in [0.05, 0.1) is 16.3 Å². The number of nitrogens with zero attached hydrogens (tertiary/aromatic N) is 1. The Morgan fingerprint density at radius 1 is 1.35 bits per heavy atom. The lowest BCUT2D eigenvalue weighted by Crippen LogP contribution is -2.01. The number of carboxylic acids is 1. The Morgan fingerprint density at radius 3 is 2.71 bits per heavy atom. The van der Waals surface area contributed by atoms with Crippen LogP contribution >= 0.6 is 11.6 Å². The van der Waals surface area contributed by atoms with Crippen LogP contribution in [-0.2, 0) is 0 Å². The number of aromatic carboxylic acids is 1. The number of halogens is 1. The van der Waals surface area contributed by atoms with E-state index in [4.69, 9.17) is 16.7 Å². The van der Waals surface area contributed by atoms with Crippen LogP contribution < -0.4 is 0 Å². The number of carbonyl (C=O) groups is 2. The van der Waals surface area contributed by atoms with Crippen molar-refractivity contribution in [2.75, 3.05) is 0 Å². The highest BCUT2D eigenvalue weighted by Gasteiger charge is 2.10. The monoisotopic (exact) mass is 249 g/mol. The first-order chi connectivity index (χ1) is 8.13. The van der Waals surface area contributed by atoms with E-state index < -0.39 is 5.97 Å². The maximum Gasteiger partial charge on any atom is 0.337 e. The largest absolute Gasteiger partial charge is 0.478 e. The van der Waals surface area contributed by atoms with Gasteiger partial charge < -0.3 is 9.67 Å². The minimum atomic E-state index is -1.08. The molecule has 4 nitrogen and oxygen atoms in total. The highest BCUT2D eigenvalue weighted by Crippen LogP contribution is 2.21. The first-order valence-corrected chi connectivity index (χ1v) is 5.17. The van der Waals surface area contributed by atoms with Gasteiger partial charge in [0.1, 0.15) is 0 Å². The van der Waals surface area contributed by atoms with E-state index >= 15 is 0 Å². The summed E-state index contributed by atoms with van der Waals surface area (Å²) in [5, 5.41) is 8.98. The third kappa shape index (κ3) is 2.07. The number of hydrogen-bond acceptors (Lipinski definition) is 2. The van der Waals surface area contributed by atoms with Gasteiger partial charge in [-0.3, -0.25) is 4.79 Å². The van der Waals surface area contributed by atoms with Crippen molar-refractivity contribution in [3.63, 3.8) is 0 Å². The Bertz CT molecular complexity index is 589. The van der Waals surface area contributed by atoms with E-state index in [0.29, 0.717) is 11.4 Å². The summed E-state index contributed by atoms with van der Waals surface area (Å²) in [6.07, 6.45) is 2.43. The molecule has 2 rings (SSSR count). The Labute approximate surface area is 102 Å². The maximum absolute atomic E-state index is 10.8. The number of aromatic nitrogens is 1. The number of rotatable bonds is 3. The first kappa shape index (κ1) is 11.4. The van der Waals surface area contributed by atoms with Gasteiger partial charge in [0.2, 0.25) is 0 Å². The van der Waals surface area contributed by atoms with Crippen LogP contribution in [0, 0.1) is 0 Å². The average Bonchev–Trinajstić information content (AvgIpc) is 2.76. The Balaban J connectivity index is 2.52. The van der Waals surface area contributed by atoms with Gasteiger partial charge in [-0.25, -0.2) is 4.79 Å². The number of carboxylic acid groups (broad SMARTS) is 1. The van der Waals surface area contributed by atoms with Crippen LogP contribution in [-0.4, -0.2) is 21.9 Å². The molecule has 1 aromatic heterocycles. The fourth-order valence-corrected chi connectivity index (χ4v) is 1.81. The summed E-state index contributed by atoms with van der Waals surface area (Å²) in [6.45, 7) is 0. The van der Waals surface area contributed by atoms with E-state index in [2.05, 4.69) is 0 Å². The highest BCUT2D eigenvalue weighted by atomic mass is 35.5. The van der Waals surface area contributed by atoms with Crippen LogP contribution in [0.2, 0.25) is 5.02 Å². The van der Waals surface area contributed by atoms with E-state index in [1.807, 2.05) is 0 Å². The normalized spacial score (nSPS) is 10.2. The molecule has 0 atom stereocenters. The third-order valence-corrected chi connectivity index (χ3v) is 2.67. The lowest BCUT2D eigenvalue weighted by Gasteiger charge is -2.07. The van der Waals surface area contributed by atoms with Crippen molar-refractivity contribution in [1.82, 2.24) is 4.57 Å². The van der Waals surface area contributed by atoms with Crippen LogP contribution in [0.25, 0.3) is 5.69 Å². The molecule has 0 radical (unpaired) electrons. The van der Waals surface area contributed by atoms with Gasteiger partial charge >= 0.3 is 5.97 Å². The predicted molar refractivity (Wildman–Crippen MR) is 63.1 cm³/mol. The van der Waals surface area contributed by atoms with Gasteiger partial charge in [0, 0.05) is 11.9 Å². The molecule has 0 unspecified atom stereocenters. The summed E-state index contributed by atoms with van der Waals surface area (Å²) in [5.74, 6) is -1.08. The molecule has 0 spiro atoms. The zero-order valence-electron chi connectivity index (χ0n) is 8.63. The van der Waals surface area contributed by atoms with Crippen molar-refractivity contribution in [3.8, 4) is 5.69 Å². The van der Waals surface area contributed by atoms with Crippen molar-refractivity contribution in [1.29, 1.82) is 0 Å². The quantitative estimate of drug-likeness (QED) is 0.851. The molecule has 1 aromatic carbocycles. The molecule has 1 heterocycles. The van der Waals surface area contributed by atoms with Crippen LogP contribution in [0.15, 0.2) is 36.5 Å². The highest BCUT2D eigenvalue weighted by molar-refractivity contribution is 6.33. The molecule has 17 heavy (non-hydrogen) atoms. The first-order valence-electron chi connectivity index (χ1n) is 4.79. The van der Waals surface area contributed by atoms with Crippen LogP contribution in [0.3, 0.4) is 0 Å². The summed E-state index contributed by atoms with van der Waals surface area (Å²) < 4.78 is 1.63. The fraction of sp³-hybridized carbons (Fsp3) is 0. The lowest BCUT2D eigenvalue weighted by atomic mass is 10.2. The summed E-state index contributed by atoms with van der Waals surface area (Å²) in [7, 11) is 0. The second-order valence-corrected chi connectivity index (χ2v) is 3.80. The van der Waals surface area contributed by atoms with Gasteiger partial charge in [-0.15, -0.1) is 0 Å². The van der Waals surface area contributed by atoms with Gasteiger partial charge in [-0.05, 0) is 30.3 Å². The van der Waals surface area contributed by atoms with Crippen molar-refractivity contribution < 1.29 is 14.7 Å². The molecule has 0 aliphatic carbocycles. The molecule has 1 N–H and O–H groups in total. The molecule has 5 heteroatoms. The van der Waals surface area contributed by atoms with E-state index in [1.54, 1.807) is 29.0 Å². The van der Waals surface area contributed by atoms with Gasteiger partial charge in [0.15, 0.2) is 6.29 Å². The lowest BCUT2D eigenvalue weighted by molar-refractivity contribution is 0.0697. The second-order valence-electron chi connectivity index (χ2n) is 3.39. The topological polar surface area (TPSA) is 59.3 Å². The van der Waals surface area contributed by atoms with Crippen LogP contribution in [0.1, 0.15) is 20.8 Å². The van der Waals surface area contributed by atoms with Crippen molar-refractivity contribution in [2.45, 2.75) is 0 Å². The summed E-state index contributed by atoms with van der Waals surface area (Å²) in [5.41, 5.74) is 1.16. The molecule has 0 saturated carbocycles. The standard InChI is InChI=1S/C12H8ClNO3/c13-11-6-8(3-4-10(11)12(16)17)14-5-1-2-9(14)7-15/h1-7H,(H,16,17). The minimum absolute atomic E-state index is 0.0372. The van der Waals surface area contributed by atoms with Crippen molar-refractivity contribution in [2.24, 2.45) is 0 Å². The maximum atomic E-state index is 10.8. The summed E-state index contributed by atoms with van der Waals surface area (Å²) in [6, 6.07) is 7.91. The van der Waals surface area contributed by atoms with Gasteiger partial charge in [0.25, 0.3) is 0 Å². The van der Waals surface area contributed by atoms with Crippen molar-refractivity contribution in [3.05, 3.63) is 52.8 Å². The molecule has 0 bridgehead atoms. The fourth-order valence-electron chi connectivity index (χ4n) is 1.55. The second kappa shape index (κ2) is 4.43. The summed E-state index contributed by atoms with van der Waals surface area (Å²) >= 11 is 5.85. The van der Waals surface area contributed by atoms with Crippen LogP contribution in [0.4, 0.5) is 0 Å². The number of carbonyl (C=O) groups excluding carboxylic acids is 1. The Morgan fingerprint density at radius 2 is 2.12 bits per heavy atom. The molecular formula is C12H8ClNO3. The molecule has 0 fully saturated rings. The van der Waals surface area contributed by atoms with Gasteiger partial charge in [-0.2, -0.15) is 0 Å². The molecule has 86 valence electrons. The van der Waals surface area contributed by atoms with E-state index in [-0.39, 0.29) is 10.6 Å². The zero-order chi connectivity index (χ0) is 12.4. The molecule has 0 saturated heterocycles. The molecular weight excluding hydrogens is 242 g/mol.